The molecule has 2 aromatic rings. The van der Waals surface area contributed by atoms with Gasteiger partial charge in [-0.1, -0.05) is 17.4 Å². The summed E-state index contributed by atoms with van der Waals surface area (Å²) in [4.78, 5) is 3.48. The van der Waals surface area contributed by atoms with Crippen LogP contribution < -0.4 is 5.73 Å². The average Bonchev–Trinajstić information content (AvgIpc) is 2.56. The minimum atomic E-state index is -4.85. The van der Waals surface area contributed by atoms with Gasteiger partial charge in [-0.25, -0.2) is 9.37 Å². The lowest BCUT2D eigenvalue weighted by Crippen LogP contribution is -2.09. The molecule has 1 heterocycles. The van der Waals surface area contributed by atoms with Crippen LogP contribution >= 0.6 is 11.3 Å². The molecule has 0 aliphatic rings. The number of alkyl halides is 3. The second kappa shape index (κ2) is 4.20. The maximum absolute atomic E-state index is 13.7. The van der Waals surface area contributed by atoms with Crippen molar-refractivity contribution >= 4 is 16.5 Å². The molecule has 2 N–H and O–H groups in total. The minimum Gasteiger partial charge on any atom is -0.375 e. The molecule has 1 aromatic carbocycles. The predicted octanol–water partition coefficient (Wildman–Crippen LogP) is 3.69. The van der Waals surface area contributed by atoms with Gasteiger partial charge in [0, 0.05) is 5.56 Å². The number of thiazole rings is 1. The third-order valence-electron chi connectivity index (χ3n) is 2.16. The molecule has 0 amide bonds. The second-order valence-electron chi connectivity index (χ2n) is 3.34. The van der Waals surface area contributed by atoms with E-state index in [0.29, 0.717) is 17.4 Å². The lowest BCUT2D eigenvalue weighted by Gasteiger charge is -2.09. The van der Waals surface area contributed by atoms with E-state index in [2.05, 4.69) is 4.98 Å². The van der Waals surface area contributed by atoms with Crippen LogP contribution in [-0.4, -0.2) is 4.98 Å². The highest BCUT2D eigenvalue weighted by atomic mass is 32.1. The summed E-state index contributed by atoms with van der Waals surface area (Å²) in [6.07, 6.45) is -4.85. The number of nitrogens with two attached hydrogens (primary N) is 1. The van der Waals surface area contributed by atoms with Crippen LogP contribution in [0.1, 0.15) is 5.56 Å². The summed E-state index contributed by atoms with van der Waals surface area (Å²) in [5.74, 6) is -1.56. The Morgan fingerprint density at radius 2 is 1.83 bits per heavy atom. The summed E-state index contributed by atoms with van der Waals surface area (Å²) >= 11 is 0.438. The summed E-state index contributed by atoms with van der Waals surface area (Å²) in [5.41, 5.74) is 2.67. The fraction of sp³-hybridized carbons (Fsp3) is 0.100. The van der Waals surface area contributed by atoms with Gasteiger partial charge in [0.25, 0.3) is 0 Å². The number of nitrogen functional groups attached to an aromatic ring is 1. The topological polar surface area (TPSA) is 38.9 Å². The number of rotatable bonds is 1. The van der Waals surface area contributed by atoms with Crippen molar-refractivity contribution in [2.24, 2.45) is 0 Å². The number of hydrogen-bond donors (Lipinski definition) is 1. The van der Waals surface area contributed by atoms with E-state index >= 15 is 0 Å². The molecular weight excluding hydrogens is 275 g/mol. The smallest absolute Gasteiger partial charge is 0.375 e. The average molecular weight is 280 g/mol. The fourth-order valence-electron chi connectivity index (χ4n) is 1.42. The van der Waals surface area contributed by atoms with Gasteiger partial charge in [-0.15, -0.1) is 0 Å². The van der Waals surface area contributed by atoms with Crippen molar-refractivity contribution in [1.29, 1.82) is 0 Å². The van der Waals surface area contributed by atoms with Crippen LogP contribution in [0, 0.1) is 10.9 Å². The summed E-state index contributed by atoms with van der Waals surface area (Å²) in [6.45, 7) is 0. The third-order valence-corrected chi connectivity index (χ3v) is 2.83. The monoisotopic (exact) mass is 280 g/mol. The minimum absolute atomic E-state index is 0.181. The molecule has 0 spiro atoms. The van der Waals surface area contributed by atoms with Crippen LogP contribution in [0.4, 0.5) is 27.1 Å². The highest BCUT2D eigenvalue weighted by molar-refractivity contribution is 7.14. The molecule has 1 aromatic heterocycles. The molecule has 0 saturated heterocycles. The molecule has 0 radical (unpaired) electrons. The molecule has 0 saturated carbocycles. The summed E-state index contributed by atoms with van der Waals surface area (Å²) in [5, 5.41) is -1.11. The van der Waals surface area contributed by atoms with Crippen LogP contribution in [-0.2, 0) is 6.18 Å². The standard InChI is InChI=1S/C10H5F5N2S/c11-6-4(7-8(12)18-9(16)17-7)2-1-3-5(6)10(13,14)15/h1-3H,(H2,16,17). The zero-order chi connectivity index (χ0) is 13.5. The quantitative estimate of drug-likeness (QED) is 0.809. The number of nitrogens with zero attached hydrogens (tertiary/aromatic N) is 1. The first-order chi connectivity index (χ1) is 8.30. The SMILES string of the molecule is Nc1nc(-c2cccc(C(F)(F)F)c2F)c(F)s1. The van der Waals surface area contributed by atoms with Crippen LogP contribution in [0.5, 0.6) is 0 Å². The highest BCUT2D eigenvalue weighted by Gasteiger charge is 2.35. The molecular formula is C10H5F5N2S. The molecule has 8 heteroatoms. The van der Waals surface area contributed by atoms with Gasteiger partial charge < -0.3 is 5.73 Å². The first-order valence-electron chi connectivity index (χ1n) is 4.58. The second-order valence-corrected chi connectivity index (χ2v) is 4.32. The molecule has 0 fully saturated rings. The lowest BCUT2D eigenvalue weighted by atomic mass is 10.1. The summed E-state index contributed by atoms with van der Waals surface area (Å²) < 4.78 is 64.4. The summed E-state index contributed by atoms with van der Waals surface area (Å²) in [6, 6.07) is 2.57. The molecule has 0 aliphatic heterocycles. The Balaban J connectivity index is 2.63. The number of anilines is 1. The molecule has 0 atom stereocenters. The zero-order valence-corrected chi connectivity index (χ0v) is 9.37. The van der Waals surface area contributed by atoms with Crippen LogP contribution in [0.15, 0.2) is 18.2 Å². The van der Waals surface area contributed by atoms with Gasteiger partial charge in [0.1, 0.15) is 11.5 Å². The zero-order valence-electron chi connectivity index (χ0n) is 8.55. The first-order valence-corrected chi connectivity index (χ1v) is 5.40. The number of aromatic nitrogens is 1. The van der Waals surface area contributed by atoms with Crippen LogP contribution in [0.25, 0.3) is 11.3 Å². The lowest BCUT2D eigenvalue weighted by molar-refractivity contribution is -0.139. The van der Waals surface area contributed by atoms with Gasteiger partial charge in [-0.05, 0) is 12.1 Å². The van der Waals surface area contributed by atoms with Gasteiger partial charge in [0.2, 0.25) is 5.13 Å². The first kappa shape index (κ1) is 12.7. The van der Waals surface area contributed by atoms with Crippen molar-refractivity contribution in [1.82, 2.24) is 4.98 Å². The molecule has 2 nitrogen and oxygen atoms in total. The third kappa shape index (κ3) is 2.15. The van der Waals surface area contributed by atoms with Crippen molar-refractivity contribution in [3.63, 3.8) is 0 Å². The number of halogens is 5. The van der Waals surface area contributed by atoms with E-state index in [1.54, 1.807) is 0 Å². The highest BCUT2D eigenvalue weighted by Crippen LogP contribution is 2.37. The van der Waals surface area contributed by atoms with Gasteiger partial charge in [-0.2, -0.15) is 17.6 Å². The molecule has 0 unspecified atom stereocenters. The Bertz CT molecular complexity index is 590. The predicted molar refractivity (Wildman–Crippen MR) is 56.9 cm³/mol. The molecule has 0 aliphatic carbocycles. The van der Waals surface area contributed by atoms with E-state index < -0.39 is 33.9 Å². The maximum atomic E-state index is 13.7. The Labute approximate surface area is 102 Å². The summed E-state index contributed by atoms with van der Waals surface area (Å²) in [7, 11) is 0. The van der Waals surface area contributed by atoms with Gasteiger partial charge >= 0.3 is 6.18 Å². The van der Waals surface area contributed by atoms with E-state index in [0.717, 1.165) is 12.1 Å². The molecule has 0 bridgehead atoms. The molecule has 18 heavy (non-hydrogen) atoms. The largest absolute Gasteiger partial charge is 0.419 e. The van der Waals surface area contributed by atoms with E-state index in [4.69, 9.17) is 5.73 Å². The van der Waals surface area contributed by atoms with E-state index in [1.165, 1.54) is 0 Å². The van der Waals surface area contributed by atoms with Crippen LogP contribution in [0.3, 0.4) is 0 Å². The van der Waals surface area contributed by atoms with Crippen molar-refractivity contribution < 1.29 is 22.0 Å². The Kier molecular flexibility index (Phi) is 2.97. The molecule has 2 rings (SSSR count). The fourth-order valence-corrected chi connectivity index (χ4v) is 1.99. The number of benzene rings is 1. The Hall–Kier alpha value is -1.70. The maximum Gasteiger partial charge on any atom is 0.419 e. The van der Waals surface area contributed by atoms with Gasteiger partial charge in [0.05, 0.1) is 5.56 Å². The van der Waals surface area contributed by atoms with Crippen molar-refractivity contribution in [3.05, 3.63) is 34.7 Å². The van der Waals surface area contributed by atoms with E-state index in [9.17, 15) is 22.0 Å². The van der Waals surface area contributed by atoms with Gasteiger partial charge in [0.15, 0.2) is 5.13 Å². The van der Waals surface area contributed by atoms with Crippen molar-refractivity contribution in [3.8, 4) is 11.3 Å². The van der Waals surface area contributed by atoms with Crippen LogP contribution in [0.2, 0.25) is 0 Å². The Morgan fingerprint density at radius 1 is 1.17 bits per heavy atom. The Morgan fingerprint density at radius 3 is 2.33 bits per heavy atom. The number of hydrogen-bond acceptors (Lipinski definition) is 3. The van der Waals surface area contributed by atoms with Gasteiger partial charge in [-0.3, -0.25) is 0 Å². The molecule has 96 valence electrons. The van der Waals surface area contributed by atoms with E-state index in [1.807, 2.05) is 0 Å². The van der Waals surface area contributed by atoms with Crippen molar-refractivity contribution in [2.75, 3.05) is 5.73 Å². The van der Waals surface area contributed by atoms with Crippen molar-refractivity contribution in [2.45, 2.75) is 6.18 Å². The van der Waals surface area contributed by atoms with E-state index in [-0.39, 0.29) is 5.13 Å². The normalized spacial score (nSPS) is 11.8.